The lowest BCUT2D eigenvalue weighted by Gasteiger charge is -2.25. The van der Waals surface area contributed by atoms with Crippen molar-refractivity contribution >= 4 is 11.6 Å². The van der Waals surface area contributed by atoms with Crippen LogP contribution < -0.4 is 11.1 Å². The average molecular weight is 290 g/mol. The van der Waals surface area contributed by atoms with Crippen molar-refractivity contribution in [2.24, 2.45) is 11.1 Å². The van der Waals surface area contributed by atoms with Gasteiger partial charge in [-0.15, -0.1) is 0 Å². The minimum atomic E-state index is -4.55. The average Bonchev–Trinajstić information content (AvgIpc) is 2.38. The van der Waals surface area contributed by atoms with E-state index in [-0.39, 0.29) is 12.2 Å². The molecule has 1 rings (SSSR count). The topological polar surface area (TPSA) is 75.4 Å². The van der Waals surface area contributed by atoms with Crippen molar-refractivity contribution in [1.29, 1.82) is 0 Å². The number of hydrogen-bond acceptors (Lipinski definition) is 3. The number of nitrogens with one attached hydrogen (secondary N) is 1. The normalized spacial score (nSPS) is 14.7. The van der Waals surface area contributed by atoms with Crippen LogP contribution in [0.15, 0.2) is 18.2 Å². The molecule has 20 heavy (non-hydrogen) atoms. The molecule has 0 heterocycles. The second-order valence-electron chi connectivity index (χ2n) is 4.80. The zero-order chi connectivity index (χ0) is 15.6. The number of rotatable bonds is 4. The maximum Gasteiger partial charge on any atom is 0.416 e. The fraction of sp³-hybridized carbons (Fsp3) is 0.462. The Balaban J connectivity index is 3.06. The molecule has 1 unspecified atom stereocenters. The zero-order valence-corrected chi connectivity index (χ0v) is 11.2. The van der Waals surface area contributed by atoms with E-state index in [2.05, 4.69) is 5.32 Å². The highest BCUT2D eigenvalue weighted by molar-refractivity contribution is 5.96. The highest BCUT2D eigenvalue weighted by Gasteiger charge is 2.33. The third-order valence-corrected chi connectivity index (χ3v) is 3.35. The molecule has 0 saturated carbocycles. The Kier molecular flexibility index (Phi) is 4.65. The van der Waals surface area contributed by atoms with E-state index in [1.54, 1.807) is 13.8 Å². The van der Waals surface area contributed by atoms with E-state index in [0.717, 1.165) is 12.1 Å². The number of benzene rings is 1. The summed E-state index contributed by atoms with van der Waals surface area (Å²) in [6.07, 6.45) is -4.12. The highest BCUT2D eigenvalue weighted by Crippen LogP contribution is 2.35. The number of phenols is 1. The molecular formula is C13H17F3N2O2. The Morgan fingerprint density at radius 2 is 2.00 bits per heavy atom. The number of phenolic OH excluding ortho intramolecular Hbond substituents is 1. The van der Waals surface area contributed by atoms with Gasteiger partial charge in [0.25, 0.3) is 0 Å². The number of halogens is 3. The van der Waals surface area contributed by atoms with Crippen LogP contribution in [0.3, 0.4) is 0 Å². The smallest absolute Gasteiger partial charge is 0.416 e. The van der Waals surface area contributed by atoms with Gasteiger partial charge < -0.3 is 16.2 Å². The Labute approximate surface area is 114 Å². The molecule has 1 aromatic rings. The highest BCUT2D eigenvalue weighted by atomic mass is 19.4. The summed E-state index contributed by atoms with van der Waals surface area (Å²) in [6, 6.07) is 2.33. The summed E-state index contributed by atoms with van der Waals surface area (Å²) in [5.74, 6) is -0.959. The number of nitrogens with two attached hydrogens (primary N) is 1. The quantitative estimate of drug-likeness (QED) is 0.746. The van der Waals surface area contributed by atoms with Crippen molar-refractivity contribution < 1.29 is 23.1 Å². The molecule has 0 aliphatic rings. The van der Waals surface area contributed by atoms with Crippen LogP contribution in [0.4, 0.5) is 18.9 Å². The van der Waals surface area contributed by atoms with E-state index in [1.807, 2.05) is 0 Å². The largest absolute Gasteiger partial charge is 0.506 e. The minimum Gasteiger partial charge on any atom is -0.506 e. The second-order valence-corrected chi connectivity index (χ2v) is 4.80. The molecular weight excluding hydrogens is 273 g/mol. The summed E-state index contributed by atoms with van der Waals surface area (Å²) in [5.41, 5.74) is 3.38. The Morgan fingerprint density at radius 1 is 1.40 bits per heavy atom. The summed E-state index contributed by atoms with van der Waals surface area (Å²) in [7, 11) is 0. The van der Waals surface area contributed by atoms with Gasteiger partial charge in [-0.1, -0.05) is 6.92 Å². The second kappa shape index (κ2) is 5.70. The summed E-state index contributed by atoms with van der Waals surface area (Å²) < 4.78 is 37.8. The van der Waals surface area contributed by atoms with Crippen molar-refractivity contribution in [3.8, 4) is 5.75 Å². The van der Waals surface area contributed by atoms with Gasteiger partial charge in [-0.3, -0.25) is 4.79 Å². The lowest BCUT2D eigenvalue weighted by molar-refractivity contribution is -0.137. The summed E-state index contributed by atoms with van der Waals surface area (Å²) in [6.45, 7) is 3.40. The number of alkyl halides is 3. The maximum atomic E-state index is 12.6. The molecule has 0 aromatic heterocycles. The molecule has 7 heteroatoms. The summed E-state index contributed by atoms with van der Waals surface area (Å²) >= 11 is 0. The predicted molar refractivity (Wildman–Crippen MR) is 69.2 cm³/mol. The maximum absolute atomic E-state index is 12.6. The minimum absolute atomic E-state index is 0.0507. The molecule has 112 valence electrons. The van der Waals surface area contributed by atoms with E-state index in [9.17, 15) is 23.1 Å². The van der Waals surface area contributed by atoms with Gasteiger partial charge in [-0.2, -0.15) is 13.2 Å². The van der Waals surface area contributed by atoms with Crippen molar-refractivity contribution in [1.82, 2.24) is 0 Å². The molecule has 4 N–H and O–H groups in total. The van der Waals surface area contributed by atoms with Gasteiger partial charge in [0.1, 0.15) is 5.75 Å². The number of amides is 1. The van der Waals surface area contributed by atoms with Crippen molar-refractivity contribution in [3.05, 3.63) is 23.8 Å². The van der Waals surface area contributed by atoms with Crippen LogP contribution in [0, 0.1) is 5.41 Å². The van der Waals surface area contributed by atoms with Gasteiger partial charge >= 0.3 is 6.18 Å². The van der Waals surface area contributed by atoms with Gasteiger partial charge in [0.15, 0.2) is 0 Å². The van der Waals surface area contributed by atoms with Crippen molar-refractivity contribution in [2.75, 3.05) is 11.9 Å². The third kappa shape index (κ3) is 3.41. The van der Waals surface area contributed by atoms with E-state index in [1.165, 1.54) is 0 Å². The molecule has 0 saturated heterocycles. The Hall–Kier alpha value is -1.76. The van der Waals surface area contributed by atoms with Crippen molar-refractivity contribution in [3.63, 3.8) is 0 Å². The fourth-order valence-corrected chi connectivity index (χ4v) is 1.48. The van der Waals surface area contributed by atoms with Gasteiger partial charge in [0.2, 0.25) is 5.91 Å². The molecule has 0 fully saturated rings. The first-order chi connectivity index (χ1) is 9.14. The number of carbonyl (C=O) groups is 1. The zero-order valence-electron chi connectivity index (χ0n) is 11.2. The van der Waals surface area contributed by atoms with E-state index in [4.69, 9.17) is 5.73 Å². The van der Waals surface area contributed by atoms with Crippen LogP contribution in [-0.2, 0) is 11.0 Å². The predicted octanol–water partition coefficient (Wildman–Crippen LogP) is 2.72. The first kappa shape index (κ1) is 16.3. The van der Waals surface area contributed by atoms with Gasteiger partial charge in [-0.05, 0) is 31.5 Å². The van der Waals surface area contributed by atoms with Crippen LogP contribution in [0.2, 0.25) is 0 Å². The van der Waals surface area contributed by atoms with Crippen LogP contribution in [0.5, 0.6) is 5.75 Å². The number of anilines is 1. The SMILES string of the molecule is CCC(C)(CN)C(=O)Nc1cc(C(F)(F)F)ccc1O. The summed E-state index contributed by atoms with van der Waals surface area (Å²) in [4.78, 5) is 12.0. The summed E-state index contributed by atoms with van der Waals surface area (Å²) in [5, 5.41) is 11.8. The van der Waals surface area contributed by atoms with Crippen molar-refractivity contribution in [2.45, 2.75) is 26.4 Å². The Bertz CT molecular complexity index is 497. The van der Waals surface area contributed by atoms with Crippen LogP contribution in [0.25, 0.3) is 0 Å². The standard InChI is InChI=1S/C13H17F3N2O2/c1-3-12(2,7-17)11(20)18-9-6-8(13(14,15)16)4-5-10(9)19/h4-6,19H,3,7,17H2,1-2H3,(H,18,20). The lowest BCUT2D eigenvalue weighted by Crippen LogP contribution is -2.39. The molecule has 1 amide bonds. The van der Waals surface area contributed by atoms with E-state index < -0.39 is 28.8 Å². The molecule has 0 aliphatic carbocycles. The molecule has 0 bridgehead atoms. The first-order valence-electron chi connectivity index (χ1n) is 6.06. The number of carbonyl (C=O) groups excluding carboxylic acids is 1. The van der Waals surface area contributed by atoms with E-state index in [0.29, 0.717) is 12.5 Å². The monoisotopic (exact) mass is 290 g/mol. The van der Waals surface area contributed by atoms with Crippen LogP contribution in [-0.4, -0.2) is 17.6 Å². The first-order valence-corrected chi connectivity index (χ1v) is 6.06. The molecule has 0 spiro atoms. The Morgan fingerprint density at radius 3 is 2.45 bits per heavy atom. The van der Waals surface area contributed by atoms with E-state index >= 15 is 0 Å². The lowest BCUT2D eigenvalue weighted by atomic mass is 9.86. The fourth-order valence-electron chi connectivity index (χ4n) is 1.48. The number of hydrogen-bond donors (Lipinski definition) is 3. The van der Waals surface area contributed by atoms with Crippen LogP contribution in [0.1, 0.15) is 25.8 Å². The van der Waals surface area contributed by atoms with Gasteiger partial charge in [0, 0.05) is 6.54 Å². The molecule has 1 atom stereocenters. The molecule has 0 radical (unpaired) electrons. The molecule has 4 nitrogen and oxygen atoms in total. The molecule has 0 aliphatic heterocycles. The number of aromatic hydroxyl groups is 1. The third-order valence-electron chi connectivity index (χ3n) is 3.35. The van der Waals surface area contributed by atoms with Gasteiger partial charge in [0.05, 0.1) is 16.7 Å². The van der Waals surface area contributed by atoms with Gasteiger partial charge in [-0.25, -0.2) is 0 Å². The van der Waals surface area contributed by atoms with Crippen LogP contribution >= 0.6 is 0 Å². The molecule has 1 aromatic carbocycles.